The van der Waals surface area contributed by atoms with Crippen LogP contribution < -0.4 is 0 Å². The Balaban J connectivity index is 2.84. The molecule has 0 nitrogen and oxygen atoms in total. The lowest BCUT2D eigenvalue weighted by atomic mass is 9.91. The lowest BCUT2D eigenvalue weighted by molar-refractivity contribution is 0.874. The van der Waals surface area contributed by atoms with Crippen LogP contribution in [0.25, 0.3) is 16.8 Å². The molecule has 0 unspecified atom stereocenters. The van der Waals surface area contributed by atoms with Gasteiger partial charge in [-0.15, -0.1) is 0 Å². The smallest absolute Gasteiger partial charge is 0.0143 e. The van der Waals surface area contributed by atoms with Crippen molar-refractivity contribution in [3.05, 3.63) is 54.1 Å². The molecule has 0 heteroatoms. The highest BCUT2D eigenvalue weighted by molar-refractivity contribution is 5.89. The van der Waals surface area contributed by atoms with Gasteiger partial charge in [0.1, 0.15) is 0 Å². The lowest BCUT2D eigenvalue weighted by Gasteiger charge is -2.13. The van der Waals surface area contributed by atoms with Crippen molar-refractivity contribution in [1.82, 2.24) is 0 Å². The van der Waals surface area contributed by atoms with E-state index in [2.05, 4.69) is 56.8 Å². The Kier molecular flexibility index (Phi) is 2.59. The predicted octanol–water partition coefficient (Wildman–Crippen LogP) is 4.61. The lowest BCUT2D eigenvalue weighted by Crippen LogP contribution is -1.93. The average molecular weight is 196 g/mol. The van der Waals surface area contributed by atoms with Crippen LogP contribution in [0.3, 0.4) is 0 Å². The van der Waals surface area contributed by atoms with Gasteiger partial charge >= 0.3 is 0 Å². The van der Waals surface area contributed by atoms with Crippen LogP contribution in [0.15, 0.2) is 43.0 Å². The molecule has 0 aliphatic carbocycles. The minimum absolute atomic E-state index is 0.532. The van der Waals surface area contributed by atoms with Crippen LogP contribution in [-0.2, 0) is 0 Å². The molecule has 2 aromatic rings. The highest BCUT2D eigenvalue weighted by Gasteiger charge is 2.08. The van der Waals surface area contributed by atoms with Crippen LogP contribution in [0.1, 0.15) is 30.9 Å². The molecule has 0 bridgehead atoms. The van der Waals surface area contributed by atoms with Gasteiger partial charge in [-0.25, -0.2) is 0 Å². The van der Waals surface area contributed by atoms with E-state index in [1.807, 2.05) is 6.08 Å². The van der Waals surface area contributed by atoms with Crippen LogP contribution in [0.5, 0.6) is 0 Å². The van der Waals surface area contributed by atoms with Crippen molar-refractivity contribution < 1.29 is 0 Å². The van der Waals surface area contributed by atoms with E-state index in [1.165, 1.54) is 21.9 Å². The van der Waals surface area contributed by atoms with Gasteiger partial charge < -0.3 is 0 Å². The van der Waals surface area contributed by atoms with Gasteiger partial charge in [0.2, 0.25) is 0 Å². The molecule has 0 aliphatic rings. The minimum Gasteiger partial charge on any atom is -0.0985 e. The Labute approximate surface area is 91.2 Å². The first-order chi connectivity index (χ1) is 7.24. The summed E-state index contributed by atoms with van der Waals surface area (Å²) < 4.78 is 0. The molecule has 0 fully saturated rings. The van der Waals surface area contributed by atoms with Crippen LogP contribution in [0.4, 0.5) is 0 Å². The van der Waals surface area contributed by atoms with E-state index in [0.29, 0.717) is 5.92 Å². The van der Waals surface area contributed by atoms with Crippen molar-refractivity contribution in [2.24, 2.45) is 0 Å². The maximum Gasteiger partial charge on any atom is -0.0143 e. The zero-order chi connectivity index (χ0) is 10.8. The normalized spacial score (nSPS) is 10.9. The van der Waals surface area contributed by atoms with Crippen molar-refractivity contribution in [3.8, 4) is 0 Å². The van der Waals surface area contributed by atoms with Gasteiger partial charge in [0.25, 0.3) is 0 Å². The van der Waals surface area contributed by atoms with E-state index in [-0.39, 0.29) is 0 Å². The van der Waals surface area contributed by atoms with Crippen molar-refractivity contribution >= 4 is 16.8 Å². The summed E-state index contributed by atoms with van der Waals surface area (Å²) in [5.74, 6) is 0.532. The third-order valence-electron chi connectivity index (χ3n) is 2.80. The summed E-state index contributed by atoms with van der Waals surface area (Å²) in [5, 5.41) is 2.66. The third kappa shape index (κ3) is 1.68. The number of fused-ring (bicyclic) bond motifs is 1. The summed E-state index contributed by atoms with van der Waals surface area (Å²) >= 11 is 0. The van der Waals surface area contributed by atoms with Gasteiger partial charge in [-0.05, 0) is 27.8 Å². The second kappa shape index (κ2) is 3.90. The molecule has 0 amide bonds. The first-order valence-corrected chi connectivity index (χ1v) is 5.38. The predicted molar refractivity (Wildman–Crippen MR) is 68.1 cm³/mol. The number of rotatable bonds is 2. The topological polar surface area (TPSA) is 0 Å². The zero-order valence-electron chi connectivity index (χ0n) is 9.33. The van der Waals surface area contributed by atoms with Crippen molar-refractivity contribution in [2.45, 2.75) is 19.8 Å². The van der Waals surface area contributed by atoms with E-state index in [1.54, 1.807) is 0 Å². The molecule has 2 rings (SSSR count). The molecule has 0 aromatic heterocycles. The number of benzene rings is 2. The highest BCUT2D eigenvalue weighted by atomic mass is 14.1. The summed E-state index contributed by atoms with van der Waals surface area (Å²) in [7, 11) is 0. The van der Waals surface area contributed by atoms with E-state index in [0.717, 1.165) is 0 Å². The molecule has 76 valence electrons. The van der Waals surface area contributed by atoms with Crippen LogP contribution in [-0.4, -0.2) is 0 Å². The quantitative estimate of drug-likeness (QED) is 0.658. The molecule has 2 aromatic carbocycles. The first-order valence-electron chi connectivity index (χ1n) is 5.38. The van der Waals surface area contributed by atoms with Gasteiger partial charge in [0, 0.05) is 0 Å². The maximum atomic E-state index is 3.88. The molecule has 0 atom stereocenters. The van der Waals surface area contributed by atoms with Gasteiger partial charge in [-0.1, -0.05) is 62.9 Å². The molecule has 0 saturated heterocycles. The largest absolute Gasteiger partial charge is 0.0985 e. The molecular weight excluding hydrogens is 180 g/mol. The average Bonchev–Trinajstić information content (AvgIpc) is 2.27. The van der Waals surface area contributed by atoms with Gasteiger partial charge in [0.15, 0.2) is 0 Å². The molecule has 0 spiro atoms. The highest BCUT2D eigenvalue weighted by Crippen LogP contribution is 2.29. The second-order valence-corrected chi connectivity index (χ2v) is 4.15. The fraction of sp³-hybridized carbons (Fsp3) is 0.200. The summed E-state index contributed by atoms with van der Waals surface area (Å²) in [6, 6.07) is 12.9. The maximum absolute atomic E-state index is 3.88. The Morgan fingerprint density at radius 1 is 1.07 bits per heavy atom. The number of hydrogen-bond donors (Lipinski definition) is 0. The Hall–Kier alpha value is -1.56. The van der Waals surface area contributed by atoms with Gasteiger partial charge in [-0.3, -0.25) is 0 Å². The SMILES string of the molecule is C=Cc1ccc2ccccc2c1C(C)C. The van der Waals surface area contributed by atoms with E-state index in [9.17, 15) is 0 Å². The van der Waals surface area contributed by atoms with E-state index >= 15 is 0 Å². The first kappa shape index (κ1) is 9.97. The molecule has 0 heterocycles. The Bertz CT molecular complexity index is 492. The Morgan fingerprint density at radius 3 is 2.47 bits per heavy atom. The standard InChI is InChI=1S/C15H16/c1-4-12-9-10-13-7-5-6-8-14(13)15(12)11(2)3/h4-11H,1H2,2-3H3. The monoisotopic (exact) mass is 196 g/mol. The summed E-state index contributed by atoms with van der Waals surface area (Å²) in [5.41, 5.74) is 2.66. The van der Waals surface area contributed by atoms with Crippen molar-refractivity contribution in [3.63, 3.8) is 0 Å². The fourth-order valence-electron chi connectivity index (χ4n) is 2.13. The van der Waals surface area contributed by atoms with Crippen LogP contribution in [0, 0.1) is 0 Å². The van der Waals surface area contributed by atoms with Crippen LogP contribution >= 0.6 is 0 Å². The fourth-order valence-corrected chi connectivity index (χ4v) is 2.13. The van der Waals surface area contributed by atoms with Crippen molar-refractivity contribution in [2.75, 3.05) is 0 Å². The second-order valence-electron chi connectivity index (χ2n) is 4.15. The van der Waals surface area contributed by atoms with Crippen LogP contribution in [0.2, 0.25) is 0 Å². The zero-order valence-corrected chi connectivity index (χ0v) is 9.33. The Morgan fingerprint density at radius 2 is 1.80 bits per heavy atom. The molecular formula is C15H16. The van der Waals surface area contributed by atoms with E-state index < -0.39 is 0 Å². The molecule has 0 radical (unpaired) electrons. The minimum atomic E-state index is 0.532. The third-order valence-corrected chi connectivity index (χ3v) is 2.80. The molecule has 0 N–H and O–H groups in total. The number of hydrogen-bond acceptors (Lipinski definition) is 0. The summed E-state index contributed by atoms with van der Waals surface area (Å²) in [6.45, 7) is 8.34. The molecule has 0 aliphatic heterocycles. The van der Waals surface area contributed by atoms with E-state index in [4.69, 9.17) is 0 Å². The summed E-state index contributed by atoms with van der Waals surface area (Å²) in [4.78, 5) is 0. The summed E-state index contributed by atoms with van der Waals surface area (Å²) in [6.07, 6.45) is 1.95. The van der Waals surface area contributed by atoms with Crippen molar-refractivity contribution in [1.29, 1.82) is 0 Å². The molecule has 0 saturated carbocycles. The van der Waals surface area contributed by atoms with Gasteiger partial charge in [-0.2, -0.15) is 0 Å². The van der Waals surface area contributed by atoms with Gasteiger partial charge in [0.05, 0.1) is 0 Å². The molecule has 15 heavy (non-hydrogen) atoms.